The van der Waals surface area contributed by atoms with Gasteiger partial charge in [-0.05, 0) is 0 Å². The van der Waals surface area contributed by atoms with Gasteiger partial charge in [0.05, 0.1) is 18.7 Å². The normalized spacial score (nSPS) is 9.69. The number of anilines is 1. The zero-order valence-corrected chi connectivity index (χ0v) is 8.54. The van der Waals surface area contributed by atoms with Crippen molar-refractivity contribution in [3.05, 3.63) is 36.8 Å². The molecule has 2 rings (SSSR count). The number of hydrogen-bond acceptors (Lipinski definition) is 5. The second-order valence-electron chi connectivity index (χ2n) is 3.13. The fraction of sp³-hybridized carbons (Fsp3) is 0.200. The first-order valence-electron chi connectivity index (χ1n) is 4.80. The largest absolute Gasteiger partial charge is 0.367 e. The highest BCUT2D eigenvalue weighted by molar-refractivity contribution is 5.32. The number of nitriles is 1. The maximum absolute atomic E-state index is 8.55. The van der Waals surface area contributed by atoms with Crippen LogP contribution in [0.1, 0.15) is 5.69 Å². The van der Waals surface area contributed by atoms with Gasteiger partial charge in [0.25, 0.3) is 0 Å². The molecule has 0 aliphatic rings. The van der Waals surface area contributed by atoms with E-state index < -0.39 is 0 Å². The van der Waals surface area contributed by atoms with Crippen molar-refractivity contribution in [2.75, 3.05) is 11.9 Å². The van der Waals surface area contributed by atoms with Crippen LogP contribution >= 0.6 is 0 Å². The molecule has 0 unspecified atom stereocenters. The molecule has 2 aromatic heterocycles. The highest BCUT2D eigenvalue weighted by Crippen LogP contribution is 1.99. The van der Waals surface area contributed by atoms with E-state index in [9.17, 15) is 0 Å². The van der Waals surface area contributed by atoms with Gasteiger partial charge in [-0.1, -0.05) is 0 Å². The molecule has 2 aromatic rings. The first kappa shape index (κ1) is 10.1. The number of hydrogen-bond donors (Lipinski definition) is 1. The van der Waals surface area contributed by atoms with Crippen LogP contribution in [0.25, 0.3) is 0 Å². The number of nitrogens with one attached hydrogen (secondary N) is 1. The van der Waals surface area contributed by atoms with E-state index in [1.54, 1.807) is 18.7 Å². The van der Waals surface area contributed by atoms with E-state index in [4.69, 9.17) is 5.26 Å². The fourth-order valence-corrected chi connectivity index (χ4v) is 1.21. The summed E-state index contributed by atoms with van der Waals surface area (Å²) in [5.41, 5.74) is 0.320. The van der Waals surface area contributed by atoms with Crippen molar-refractivity contribution >= 4 is 5.82 Å². The molecule has 0 saturated heterocycles. The molecule has 6 heteroatoms. The van der Waals surface area contributed by atoms with Gasteiger partial charge in [0.2, 0.25) is 0 Å². The molecule has 2 heterocycles. The molecule has 0 aliphatic heterocycles. The molecular formula is C10H10N6. The summed E-state index contributed by atoms with van der Waals surface area (Å²) in [6, 6.07) is 1.92. The van der Waals surface area contributed by atoms with Crippen molar-refractivity contribution in [2.24, 2.45) is 0 Å². The molecule has 0 radical (unpaired) electrons. The zero-order chi connectivity index (χ0) is 11.2. The van der Waals surface area contributed by atoms with Crippen LogP contribution in [-0.4, -0.2) is 26.1 Å². The molecule has 0 fully saturated rings. The van der Waals surface area contributed by atoms with Crippen LogP contribution in [0, 0.1) is 11.3 Å². The molecule has 80 valence electrons. The Morgan fingerprint density at radius 1 is 1.38 bits per heavy atom. The van der Waals surface area contributed by atoms with E-state index in [-0.39, 0.29) is 0 Å². The van der Waals surface area contributed by atoms with Crippen LogP contribution < -0.4 is 5.32 Å². The SMILES string of the molecule is N#Cc1cnc(NCCn2ccnc2)cn1. The minimum absolute atomic E-state index is 0.320. The van der Waals surface area contributed by atoms with Gasteiger partial charge in [0.15, 0.2) is 5.69 Å². The van der Waals surface area contributed by atoms with Crippen molar-refractivity contribution in [3.63, 3.8) is 0 Å². The number of imidazole rings is 1. The minimum atomic E-state index is 0.320. The predicted molar refractivity (Wildman–Crippen MR) is 57.5 cm³/mol. The quantitative estimate of drug-likeness (QED) is 0.808. The van der Waals surface area contributed by atoms with Gasteiger partial charge in [0, 0.05) is 25.5 Å². The third kappa shape index (κ3) is 2.54. The van der Waals surface area contributed by atoms with E-state index >= 15 is 0 Å². The Kier molecular flexibility index (Phi) is 3.09. The van der Waals surface area contributed by atoms with Gasteiger partial charge < -0.3 is 9.88 Å². The molecule has 16 heavy (non-hydrogen) atoms. The third-order valence-corrected chi connectivity index (χ3v) is 2.00. The lowest BCUT2D eigenvalue weighted by Gasteiger charge is -2.05. The van der Waals surface area contributed by atoms with Crippen molar-refractivity contribution in [1.29, 1.82) is 5.26 Å². The summed E-state index contributed by atoms with van der Waals surface area (Å²) in [7, 11) is 0. The lowest BCUT2D eigenvalue weighted by molar-refractivity contribution is 0.725. The average Bonchev–Trinajstić information content (AvgIpc) is 2.83. The number of aromatic nitrogens is 4. The summed E-state index contributed by atoms with van der Waals surface area (Å²) >= 11 is 0. The molecule has 0 aromatic carbocycles. The number of rotatable bonds is 4. The Labute approximate surface area is 92.6 Å². The summed E-state index contributed by atoms with van der Waals surface area (Å²) in [5, 5.41) is 11.6. The van der Waals surface area contributed by atoms with E-state index in [1.165, 1.54) is 6.20 Å². The van der Waals surface area contributed by atoms with E-state index in [1.807, 2.05) is 16.8 Å². The molecule has 0 aliphatic carbocycles. The minimum Gasteiger partial charge on any atom is -0.367 e. The topological polar surface area (TPSA) is 79.4 Å². The monoisotopic (exact) mass is 214 g/mol. The standard InChI is InChI=1S/C10H10N6/c11-5-9-6-15-10(7-14-9)13-2-4-16-3-1-12-8-16/h1,3,6-8H,2,4H2,(H,13,15). The van der Waals surface area contributed by atoms with Gasteiger partial charge in [-0.2, -0.15) is 5.26 Å². The molecule has 0 saturated carbocycles. The Bertz CT molecular complexity index is 467. The zero-order valence-electron chi connectivity index (χ0n) is 8.54. The van der Waals surface area contributed by atoms with E-state index in [2.05, 4.69) is 20.3 Å². The summed E-state index contributed by atoms with van der Waals surface area (Å²) < 4.78 is 1.96. The lowest BCUT2D eigenvalue weighted by atomic mass is 10.5. The molecule has 6 nitrogen and oxygen atoms in total. The summed E-state index contributed by atoms with van der Waals surface area (Å²) in [6.45, 7) is 1.54. The second-order valence-corrected chi connectivity index (χ2v) is 3.13. The van der Waals surface area contributed by atoms with Crippen LogP contribution in [-0.2, 0) is 6.54 Å². The average molecular weight is 214 g/mol. The Balaban J connectivity index is 1.83. The predicted octanol–water partition coefficient (Wildman–Crippen LogP) is 0.657. The Morgan fingerprint density at radius 3 is 2.94 bits per heavy atom. The van der Waals surface area contributed by atoms with Gasteiger partial charge >= 0.3 is 0 Å². The van der Waals surface area contributed by atoms with Crippen LogP contribution in [0.15, 0.2) is 31.1 Å². The maximum atomic E-state index is 8.55. The molecule has 1 N–H and O–H groups in total. The lowest BCUT2D eigenvalue weighted by Crippen LogP contribution is -2.10. The highest BCUT2D eigenvalue weighted by Gasteiger charge is 1.95. The molecule has 0 amide bonds. The first-order chi connectivity index (χ1) is 7.88. The van der Waals surface area contributed by atoms with Crippen LogP contribution in [0.3, 0.4) is 0 Å². The van der Waals surface area contributed by atoms with Crippen molar-refractivity contribution < 1.29 is 0 Å². The molecule has 0 bridgehead atoms. The van der Waals surface area contributed by atoms with E-state index in [0.717, 1.165) is 13.1 Å². The highest BCUT2D eigenvalue weighted by atomic mass is 15.1. The van der Waals surface area contributed by atoms with Gasteiger partial charge in [-0.3, -0.25) is 0 Å². The van der Waals surface area contributed by atoms with Gasteiger partial charge in [-0.25, -0.2) is 15.0 Å². The molecule has 0 atom stereocenters. The third-order valence-electron chi connectivity index (χ3n) is 2.00. The fourth-order valence-electron chi connectivity index (χ4n) is 1.21. The Morgan fingerprint density at radius 2 is 2.31 bits per heavy atom. The van der Waals surface area contributed by atoms with Crippen LogP contribution in [0.5, 0.6) is 0 Å². The summed E-state index contributed by atoms with van der Waals surface area (Å²) in [6.07, 6.45) is 8.38. The van der Waals surface area contributed by atoms with Crippen molar-refractivity contribution in [3.8, 4) is 6.07 Å². The van der Waals surface area contributed by atoms with Crippen molar-refractivity contribution in [1.82, 2.24) is 19.5 Å². The molecular weight excluding hydrogens is 204 g/mol. The van der Waals surface area contributed by atoms with Gasteiger partial charge in [-0.15, -0.1) is 0 Å². The van der Waals surface area contributed by atoms with Crippen molar-refractivity contribution in [2.45, 2.75) is 6.54 Å². The van der Waals surface area contributed by atoms with Gasteiger partial charge in [0.1, 0.15) is 11.9 Å². The summed E-state index contributed by atoms with van der Waals surface area (Å²) in [5.74, 6) is 0.666. The Hall–Kier alpha value is -2.42. The van der Waals surface area contributed by atoms with Crippen LogP contribution in [0.2, 0.25) is 0 Å². The number of nitrogens with zero attached hydrogens (tertiary/aromatic N) is 5. The van der Waals surface area contributed by atoms with E-state index in [0.29, 0.717) is 11.5 Å². The maximum Gasteiger partial charge on any atom is 0.158 e. The van der Waals surface area contributed by atoms with Crippen LogP contribution in [0.4, 0.5) is 5.82 Å². The first-order valence-corrected chi connectivity index (χ1v) is 4.80. The second kappa shape index (κ2) is 4.89. The summed E-state index contributed by atoms with van der Waals surface area (Å²) in [4.78, 5) is 11.9. The molecule has 0 spiro atoms. The smallest absolute Gasteiger partial charge is 0.158 e.